The zero-order chi connectivity index (χ0) is 14.9. The largest absolute Gasteiger partial charge is 0.465 e. The fraction of sp³-hybridized carbons (Fsp3) is 0.462. The standard InChI is InChI=1S/C13H16FN3O3/c1-4-20-11(18)7-17-13(19)10-5-9(14)6-16(10)12(15-17)8(2)3/h5-6,8H,4,7H2,1-3H3. The Balaban J connectivity index is 2.58. The lowest BCUT2D eigenvalue weighted by Crippen LogP contribution is -2.30. The molecule has 20 heavy (non-hydrogen) atoms. The van der Waals surface area contributed by atoms with Gasteiger partial charge in [0.25, 0.3) is 5.56 Å². The number of hydrogen-bond acceptors (Lipinski definition) is 4. The van der Waals surface area contributed by atoms with Crippen LogP contribution in [-0.4, -0.2) is 26.8 Å². The summed E-state index contributed by atoms with van der Waals surface area (Å²) in [7, 11) is 0. The molecule has 0 aromatic carbocycles. The van der Waals surface area contributed by atoms with Crippen LogP contribution >= 0.6 is 0 Å². The number of halogens is 1. The van der Waals surface area contributed by atoms with Crippen molar-refractivity contribution in [2.75, 3.05) is 6.61 Å². The number of nitrogens with zero attached hydrogens (tertiary/aromatic N) is 3. The highest BCUT2D eigenvalue weighted by molar-refractivity contribution is 5.69. The van der Waals surface area contributed by atoms with Crippen LogP contribution in [-0.2, 0) is 16.1 Å². The van der Waals surface area contributed by atoms with Crippen LogP contribution in [0.25, 0.3) is 5.52 Å². The van der Waals surface area contributed by atoms with Gasteiger partial charge >= 0.3 is 5.97 Å². The maximum absolute atomic E-state index is 13.4. The van der Waals surface area contributed by atoms with Crippen LogP contribution in [0.15, 0.2) is 17.1 Å². The topological polar surface area (TPSA) is 65.6 Å². The highest BCUT2D eigenvalue weighted by Crippen LogP contribution is 2.14. The average Bonchev–Trinajstić information content (AvgIpc) is 2.74. The van der Waals surface area contributed by atoms with E-state index >= 15 is 0 Å². The molecule has 0 aliphatic rings. The van der Waals surface area contributed by atoms with E-state index in [1.54, 1.807) is 6.92 Å². The zero-order valence-electron chi connectivity index (χ0n) is 11.6. The van der Waals surface area contributed by atoms with E-state index in [-0.39, 0.29) is 24.6 Å². The Bertz CT molecular complexity index is 703. The normalized spacial score (nSPS) is 11.2. The zero-order valence-corrected chi connectivity index (χ0v) is 11.6. The predicted molar refractivity (Wildman–Crippen MR) is 70.1 cm³/mol. The van der Waals surface area contributed by atoms with Gasteiger partial charge in [0.15, 0.2) is 0 Å². The quantitative estimate of drug-likeness (QED) is 0.793. The Labute approximate surface area is 114 Å². The number of esters is 1. The molecule has 0 spiro atoms. The minimum Gasteiger partial charge on any atom is -0.465 e. The minimum atomic E-state index is -0.548. The van der Waals surface area contributed by atoms with Gasteiger partial charge in [-0.15, -0.1) is 0 Å². The number of fused-ring (bicyclic) bond motifs is 1. The number of hydrogen-bond donors (Lipinski definition) is 0. The molecule has 2 aromatic rings. The summed E-state index contributed by atoms with van der Waals surface area (Å²) in [5.74, 6) is -0.584. The van der Waals surface area contributed by atoms with Gasteiger partial charge in [-0.1, -0.05) is 13.8 Å². The third-order valence-electron chi connectivity index (χ3n) is 2.81. The molecule has 0 bridgehead atoms. The molecule has 0 fully saturated rings. The Hall–Kier alpha value is -2.18. The summed E-state index contributed by atoms with van der Waals surface area (Å²) >= 11 is 0. The number of carbonyl (C=O) groups is 1. The summed E-state index contributed by atoms with van der Waals surface area (Å²) in [6.07, 6.45) is 1.22. The van der Waals surface area contributed by atoms with Crippen molar-refractivity contribution in [3.05, 3.63) is 34.3 Å². The first kappa shape index (κ1) is 14.2. The Morgan fingerprint density at radius 1 is 1.50 bits per heavy atom. The molecule has 0 atom stereocenters. The van der Waals surface area contributed by atoms with Gasteiger partial charge in [0.05, 0.1) is 6.61 Å². The average molecular weight is 281 g/mol. The van der Waals surface area contributed by atoms with E-state index in [2.05, 4.69) is 5.10 Å². The molecule has 108 valence electrons. The summed E-state index contributed by atoms with van der Waals surface area (Å²) in [6, 6.07) is 1.14. The Morgan fingerprint density at radius 3 is 2.80 bits per heavy atom. The fourth-order valence-electron chi connectivity index (χ4n) is 1.96. The molecule has 0 amide bonds. The van der Waals surface area contributed by atoms with E-state index in [0.717, 1.165) is 10.7 Å². The van der Waals surface area contributed by atoms with Crippen LogP contribution in [0.3, 0.4) is 0 Å². The van der Waals surface area contributed by atoms with Gasteiger partial charge in [0.1, 0.15) is 23.7 Å². The van der Waals surface area contributed by atoms with Crippen LogP contribution in [0.1, 0.15) is 32.5 Å². The van der Waals surface area contributed by atoms with Crippen molar-refractivity contribution in [1.29, 1.82) is 0 Å². The maximum Gasteiger partial charge on any atom is 0.327 e. The lowest BCUT2D eigenvalue weighted by atomic mass is 10.2. The van der Waals surface area contributed by atoms with Crippen LogP contribution in [0.4, 0.5) is 4.39 Å². The maximum atomic E-state index is 13.4. The van der Waals surface area contributed by atoms with Crippen LogP contribution < -0.4 is 5.56 Å². The monoisotopic (exact) mass is 281 g/mol. The highest BCUT2D eigenvalue weighted by Gasteiger charge is 2.16. The first-order valence-electron chi connectivity index (χ1n) is 6.38. The summed E-state index contributed by atoms with van der Waals surface area (Å²) in [6.45, 7) is 5.37. The molecule has 0 aliphatic heterocycles. The van der Waals surface area contributed by atoms with E-state index < -0.39 is 17.3 Å². The first-order valence-corrected chi connectivity index (χ1v) is 6.38. The van der Waals surface area contributed by atoms with Crippen LogP contribution in [0.5, 0.6) is 0 Å². The van der Waals surface area contributed by atoms with E-state index in [1.165, 1.54) is 10.6 Å². The number of rotatable bonds is 4. The number of ether oxygens (including phenoxy) is 1. The predicted octanol–water partition coefficient (Wildman–Crippen LogP) is 1.32. The summed E-state index contributed by atoms with van der Waals surface area (Å²) in [5, 5.41) is 4.14. The van der Waals surface area contributed by atoms with Gasteiger partial charge in [-0.25, -0.2) is 9.07 Å². The number of carbonyl (C=O) groups excluding carboxylic acids is 1. The lowest BCUT2D eigenvalue weighted by Gasteiger charge is -2.11. The molecule has 6 nitrogen and oxygen atoms in total. The Kier molecular flexibility index (Phi) is 3.87. The molecule has 2 aromatic heterocycles. The van der Waals surface area contributed by atoms with Crippen LogP contribution in [0, 0.1) is 5.82 Å². The van der Waals surface area contributed by atoms with E-state index in [4.69, 9.17) is 4.74 Å². The SMILES string of the molecule is CCOC(=O)Cn1nc(C(C)C)n2cc(F)cc2c1=O. The second-order valence-corrected chi connectivity index (χ2v) is 4.69. The van der Waals surface area contributed by atoms with Gasteiger partial charge in [-0.3, -0.25) is 14.0 Å². The number of aromatic nitrogens is 3. The molecule has 2 rings (SSSR count). The van der Waals surface area contributed by atoms with Gasteiger partial charge in [0.2, 0.25) is 0 Å². The van der Waals surface area contributed by atoms with Gasteiger partial charge in [0, 0.05) is 18.2 Å². The van der Waals surface area contributed by atoms with E-state index in [1.807, 2.05) is 13.8 Å². The minimum absolute atomic E-state index is 0.0293. The molecule has 0 saturated heterocycles. The second kappa shape index (κ2) is 5.44. The van der Waals surface area contributed by atoms with Crippen molar-refractivity contribution in [1.82, 2.24) is 14.2 Å². The summed E-state index contributed by atoms with van der Waals surface area (Å²) < 4.78 is 20.6. The molecule has 0 aliphatic carbocycles. The molecule has 0 unspecified atom stereocenters. The Morgan fingerprint density at radius 2 is 2.20 bits per heavy atom. The molecule has 0 N–H and O–H groups in total. The third kappa shape index (κ3) is 2.56. The lowest BCUT2D eigenvalue weighted by molar-refractivity contribution is -0.144. The van der Waals surface area contributed by atoms with Gasteiger partial charge in [-0.2, -0.15) is 5.10 Å². The second-order valence-electron chi connectivity index (χ2n) is 4.69. The summed E-state index contributed by atoms with van der Waals surface area (Å²) in [5.41, 5.74) is -0.364. The fourth-order valence-corrected chi connectivity index (χ4v) is 1.96. The molecule has 0 radical (unpaired) electrons. The summed E-state index contributed by atoms with van der Waals surface area (Å²) in [4.78, 5) is 23.6. The molecule has 0 saturated carbocycles. The van der Waals surface area contributed by atoms with Crippen molar-refractivity contribution in [2.24, 2.45) is 0 Å². The van der Waals surface area contributed by atoms with Crippen molar-refractivity contribution in [3.63, 3.8) is 0 Å². The van der Waals surface area contributed by atoms with Crippen molar-refractivity contribution in [2.45, 2.75) is 33.2 Å². The van der Waals surface area contributed by atoms with Crippen LogP contribution in [0.2, 0.25) is 0 Å². The van der Waals surface area contributed by atoms with Gasteiger partial charge < -0.3 is 4.74 Å². The van der Waals surface area contributed by atoms with E-state index in [9.17, 15) is 14.0 Å². The first-order chi connectivity index (χ1) is 9.43. The van der Waals surface area contributed by atoms with Crippen molar-refractivity contribution < 1.29 is 13.9 Å². The third-order valence-corrected chi connectivity index (χ3v) is 2.81. The highest BCUT2D eigenvalue weighted by atomic mass is 19.1. The molecular formula is C13H16FN3O3. The smallest absolute Gasteiger partial charge is 0.327 e. The van der Waals surface area contributed by atoms with Crippen molar-refractivity contribution >= 4 is 11.5 Å². The molecule has 2 heterocycles. The van der Waals surface area contributed by atoms with E-state index in [0.29, 0.717) is 5.82 Å². The molecule has 7 heteroatoms. The van der Waals surface area contributed by atoms with Crippen molar-refractivity contribution in [3.8, 4) is 0 Å². The molecular weight excluding hydrogens is 265 g/mol. The van der Waals surface area contributed by atoms with Gasteiger partial charge in [-0.05, 0) is 6.92 Å².